The lowest BCUT2D eigenvalue weighted by molar-refractivity contribution is -0.111. The maximum absolute atomic E-state index is 12.3. The first-order valence-electron chi connectivity index (χ1n) is 9.20. The van der Waals surface area contributed by atoms with Crippen LogP contribution >= 0.6 is 34.5 Å². The highest BCUT2D eigenvalue weighted by Crippen LogP contribution is 2.35. The summed E-state index contributed by atoms with van der Waals surface area (Å²) in [5, 5.41) is 4.70. The van der Waals surface area contributed by atoms with Gasteiger partial charge in [0.25, 0.3) is 0 Å². The van der Waals surface area contributed by atoms with Crippen molar-refractivity contribution < 1.29 is 4.79 Å². The van der Waals surface area contributed by atoms with Gasteiger partial charge in [0.1, 0.15) is 0 Å². The molecule has 0 saturated carbocycles. The summed E-state index contributed by atoms with van der Waals surface area (Å²) in [5.74, 6) is -0.209. The predicted octanol–water partition coefficient (Wildman–Crippen LogP) is 6.99. The van der Waals surface area contributed by atoms with E-state index in [1.54, 1.807) is 12.1 Å². The molecule has 2 aromatic carbocycles. The molecule has 150 valence electrons. The molecule has 0 fully saturated rings. The number of hydrogen-bond acceptors (Lipinski definition) is 3. The van der Waals surface area contributed by atoms with Crippen LogP contribution in [0.4, 0.5) is 5.13 Å². The first-order valence-corrected chi connectivity index (χ1v) is 10.8. The van der Waals surface area contributed by atoms with Crippen LogP contribution in [-0.4, -0.2) is 10.9 Å². The minimum Gasteiger partial charge on any atom is -0.298 e. The molecule has 6 heteroatoms. The number of nitrogens with one attached hydrogen (secondary N) is 1. The molecule has 0 aliphatic carbocycles. The number of rotatable bonds is 5. The quantitative estimate of drug-likeness (QED) is 0.430. The molecule has 1 aromatic heterocycles. The largest absolute Gasteiger partial charge is 0.298 e. The van der Waals surface area contributed by atoms with Crippen molar-refractivity contribution in [3.63, 3.8) is 0 Å². The first kappa shape index (κ1) is 21.6. The highest BCUT2D eigenvalue weighted by atomic mass is 35.5. The maximum Gasteiger partial charge on any atom is 0.250 e. The van der Waals surface area contributed by atoms with Gasteiger partial charge < -0.3 is 0 Å². The van der Waals surface area contributed by atoms with Crippen molar-refractivity contribution in [2.45, 2.75) is 32.6 Å². The smallest absolute Gasteiger partial charge is 0.250 e. The van der Waals surface area contributed by atoms with Crippen LogP contribution in [0.15, 0.2) is 54.6 Å². The van der Waals surface area contributed by atoms with Gasteiger partial charge >= 0.3 is 0 Å². The summed E-state index contributed by atoms with van der Waals surface area (Å²) in [4.78, 5) is 18.1. The van der Waals surface area contributed by atoms with Gasteiger partial charge in [-0.2, -0.15) is 0 Å². The molecule has 0 aliphatic heterocycles. The van der Waals surface area contributed by atoms with Crippen LogP contribution in [0.25, 0.3) is 6.08 Å². The number of carbonyl (C=O) groups is 1. The topological polar surface area (TPSA) is 42.0 Å². The van der Waals surface area contributed by atoms with Crippen LogP contribution in [-0.2, 0) is 16.6 Å². The summed E-state index contributed by atoms with van der Waals surface area (Å²) in [5.41, 5.74) is 2.74. The van der Waals surface area contributed by atoms with E-state index < -0.39 is 0 Å². The van der Waals surface area contributed by atoms with E-state index in [4.69, 9.17) is 28.2 Å². The number of anilines is 1. The van der Waals surface area contributed by atoms with E-state index in [1.165, 1.54) is 17.4 Å². The van der Waals surface area contributed by atoms with Crippen LogP contribution in [0.5, 0.6) is 0 Å². The Morgan fingerprint density at radius 1 is 1.14 bits per heavy atom. The van der Waals surface area contributed by atoms with Gasteiger partial charge in [-0.15, -0.1) is 11.3 Å². The Bertz CT molecular complexity index is 1040. The minimum absolute atomic E-state index is 0.159. The van der Waals surface area contributed by atoms with Crippen LogP contribution in [0.2, 0.25) is 10.0 Å². The second-order valence-corrected chi connectivity index (χ2v) is 9.61. The van der Waals surface area contributed by atoms with Crippen LogP contribution in [0.1, 0.15) is 42.5 Å². The van der Waals surface area contributed by atoms with Crippen molar-refractivity contribution >= 4 is 51.7 Å². The fourth-order valence-electron chi connectivity index (χ4n) is 2.83. The van der Waals surface area contributed by atoms with E-state index in [0.717, 1.165) is 21.7 Å². The molecule has 0 saturated heterocycles. The standard InChI is InChI=1S/C23H22Cl2N2OS/c1-23(2,3)21-19(13-16-10-11-17(24)14-18(16)25)29-22(27-21)26-20(28)12-9-15-7-5-4-6-8-15/h4-12,14H,13H2,1-3H3,(H,26,27,28)/b12-9+. The number of thiazole rings is 1. The average Bonchev–Trinajstić information content (AvgIpc) is 3.06. The van der Waals surface area contributed by atoms with Crippen molar-refractivity contribution in [1.82, 2.24) is 4.98 Å². The molecule has 0 spiro atoms. The molecule has 1 N–H and O–H groups in total. The van der Waals surface area contributed by atoms with Gasteiger partial charge in [-0.1, -0.05) is 80.4 Å². The Labute approximate surface area is 185 Å². The maximum atomic E-state index is 12.3. The van der Waals surface area contributed by atoms with Gasteiger partial charge in [0.2, 0.25) is 5.91 Å². The monoisotopic (exact) mass is 444 g/mol. The number of halogens is 2. The van der Waals surface area contributed by atoms with Crippen molar-refractivity contribution in [2.75, 3.05) is 5.32 Å². The van der Waals surface area contributed by atoms with E-state index in [9.17, 15) is 4.79 Å². The van der Waals surface area contributed by atoms with Crippen LogP contribution in [0, 0.1) is 0 Å². The van der Waals surface area contributed by atoms with E-state index >= 15 is 0 Å². The molecular formula is C23H22Cl2N2OS. The summed E-state index contributed by atoms with van der Waals surface area (Å²) in [6, 6.07) is 15.2. The second-order valence-electron chi connectivity index (χ2n) is 7.69. The normalized spacial score (nSPS) is 11.8. The summed E-state index contributed by atoms with van der Waals surface area (Å²) in [6.45, 7) is 6.32. The molecule has 0 aliphatic rings. The minimum atomic E-state index is -0.209. The summed E-state index contributed by atoms with van der Waals surface area (Å²) in [7, 11) is 0. The summed E-state index contributed by atoms with van der Waals surface area (Å²) < 4.78 is 0. The van der Waals surface area contributed by atoms with Gasteiger partial charge in [-0.05, 0) is 29.3 Å². The van der Waals surface area contributed by atoms with E-state index in [-0.39, 0.29) is 11.3 Å². The van der Waals surface area contributed by atoms with Gasteiger partial charge in [0.05, 0.1) is 5.69 Å². The Morgan fingerprint density at radius 3 is 2.52 bits per heavy atom. The van der Waals surface area contributed by atoms with E-state index in [2.05, 4.69) is 26.1 Å². The fraction of sp³-hybridized carbons (Fsp3) is 0.217. The van der Waals surface area contributed by atoms with Crippen LogP contribution in [0.3, 0.4) is 0 Å². The Balaban J connectivity index is 1.81. The highest BCUT2D eigenvalue weighted by molar-refractivity contribution is 7.16. The molecule has 3 aromatic rings. The third-order valence-corrected chi connectivity index (χ3v) is 5.79. The fourth-order valence-corrected chi connectivity index (χ4v) is 4.51. The molecule has 3 rings (SSSR count). The lowest BCUT2D eigenvalue weighted by Crippen LogP contribution is -2.15. The lowest BCUT2D eigenvalue weighted by Gasteiger charge is -2.17. The van der Waals surface area contributed by atoms with Gasteiger partial charge in [-0.3, -0.25) is 10.1 Å². The molecule has 0 unspecified atom stereocenters. The molecular weight excluding hydrogens is 423 g/mol. The van der Waals surface area contributed by atoms with Crippen molar-refractivity contribution in [1.29, 1.82) is 0 Å². The van der Waals surface area contributed by atoms with Gasteiger partial charge in [-0.25, -0.2) is 4.98 Å². The number of hydrogen-bond donors (Lipinski definition) is 1. The van der Waals surface area contributed by atoms with E-state index in [0.29, 0.717) is 21.6 Å². The average molecular weight is 445 g/mol. The van der Waals surface area contributed by atoms with Crippen LogP contribution < -0.4 is 5.32 Å². The van der Waals surface area contributed by atoms with Gasteiger partial charge in [0.15, 0.2) is 5.13 Å². The molecule has 0 radical (unpaired) electrons. The number of aromatic nitrogens is 1. The zero-order valence-electron chi connectivity index (χ0n) is 16.5. The van der Waals surface area contributed by atoms with Crippen molar-refractivity contribution in [2.24, 2.45) is 0 Å². The molecule has 3 nitrogen and oxygen atoms in total. The molecule has 29 heavy (non-hydrogen) atoms. The SMILES string of the molecule is CC(C)(C)c1nc(NC(=O)/C=C/c2ccccc2)sc1Cc1ccc(Cl)cc1Cl. The molecule has 0 atom stereocenters. The van der Waals surface area contributed by atoms with Crippen molar-refractivity contribution in [3.05, 3.63) is 86.4 Å². The molecule has 1 heterocycles. The van der Waals surface area contributed by atoms with Gasteiger partial charge in [0, 0.05) is 32.8 Å². The highest BCUT2D eigenvalue weighted by Gasteiger charge is 2.24. The summed E-state index contributed by atoms with van der Waals surface area (Å²) in [6.07, 6.45) is 3.93. The Morgan fingerprint density at radius 2 is 1.86 bits per heavy atom. The third kappa shape index (κ3) is 5.92. The zero-order chi connectivity index (χ0) is 21.0. The first-order chi connectivity index (χ1) is 13.7. The lowest BCUT2D eigenvalue weighted by atomic mass is 9.90. The van der Waals surface area contributed by atoms with Crippen molar-refractivity contribution in [3.8, 4) is 0 Å². The summed E-state index contributed by atoms with van der Waals surface area (Å²) >= 11 is 13.8. The number of benzene rings is 2. The predicted molar refractivity (Wildman–Crippen MR) is 124 cm³/mol. The van der Waals surface area contributed by atoms with E-state index in [1.807, 2.05) is 42.5 Å². The number of nitrogens with zero attached hydrogens (tertiary/aromatic N) is 1. The number of carbonyl (C=O) groups excluding carboxylic acids is 1. The second kappa shape index (κ2) is 9.12. The number of amides is 1. The Hall–Kier alpha value is -2.14. The zero-order valence-corrected chi connectivity index (χ0v) is 18.8. The molecule has 1 amide bonds. The third-order valence-electron chi connectivity index (χ3n) is 4.23. The Kier molecular flexibility index (Phi) is 6.78. The molecule has 0 bridgehead atoms.